The maximum absolute atomic E-state index is 6.13. The number of nitrogens with two attached hydrogens (primary N) is 1. The first-order valence-electron chi connectivity index (χ1n) is 5.84. The van der Waals surface area contributed by atoms with Crippen molar-refractivity contribution >= 4 is 5.82 Å². The van der Waals surface area contributed by atoms with Gasteiger partial charge < -0.3 is 5.73 Å². The smallest absolute Gasteiger partial charge is 0.159 e. The monoisotopic (exact) mass is 229 g/mol. The number of aromatic nitrogens is 4. The van der Waals surface area contributed by atoms with Crippen LogP contribution in [0.15, 0.2) is 6.07 Å². The Kier molecular flexibility index (Phi) is 2.14. The molecule has 88 valence electrons. The summed E-state index contributed by atoms with van der Waals surface area (Å²) in [4.78, 5) is 8.65. The lowest BCUT2D eigenvalue weighted by molar-refractivity contribution is 0.781. The third kappa shape index (κ3) is 1.58. The molecule has 0 fully saturated rings. The molecule has 1 aliphatic rings. The van der Waals surface area contributed by atoms with Crippen LogP contribution in [-0.2, 0) is 12.8 Å². The molecule has 2 N–H and O–H groups in total. The number of hydrogen-bond donors (Lipinski definition) is 1. The number of anilines is 1. The largest absolute Gasteiger partial charge is 0.383 e. The number of nitrogen functional groups attached to an aromatic ring is 1. The number of fused-ring (bicyclic) bond motifs is 1. The van der Waals surface area contributed by atoms with Crippen LogP contribution in [0.25, 0.3) is 5.82 Å². The minimum absolute atomic E-state index is 0.731. The summed E-state index contributed by atoms with van der Waals surface area (Å²) in [5, 5.41) is 4.54. The Morgan fingerprint density at radius 3 is 2.76 bits per heavy atom. The van der Waals surface area contributed by atoms with Crippen molar-refractivity contribution in [2.45, 2.75) is 33.1 Å². The van der Waals surface area contributed by atoms with Gasteiger partial charge in [0.1, 0.15) is 11.6 Å². The van der Waals surface area contributed by atoms with Gasteiger partial charge in [-0.3, -0.25) is 0 Å². The van der Waals surface area contributed by atoms with Gasteiger partial charge in [-0.2, -0.15) is 9.78 Å². The molecule has 0 bridgehead atoms. The van der Waals surface area contributed by atoms with Crippen molar-refractivity contribution in [1.82, 2.24) is 19.7 Å². The van der Waals surface area contributed by atoms with Gasteiger partial charge in [0.15, 0.2) is 5.82 Å². The van der Waals surface area contributed by atoms with E-state index in [1.807, 2.05) is 19.9 Å². The van der Waals surface area contributed by atoms with E-state index >= 15 is 0 Å². The number of nitrogens with zero attached hydrogens (tertiary/aromatic N) is 4. The highest BCUT2D eigenvalue weighted by Crippen LogP contribution is 2.28. The van der Waals surface area contributed by atoms with Crippen LogP contribution in [-0.4, -0.2) is 19.7 Å². The van der Waals surface area contributed by atoms with Gasteiger partial charge in [0.25, 0.3) is 0 Å². The number of rotatable bonds is 1. The van der Waals surface area contributed by atoms with Crippen molar-refractivity contribution in [3.05, 3.63) is 28.8 Å². The van der Waals surface area contributed by atoms with Gasteiger partial charge in [-0.15, -0.1) is 0 Å². The molecule has 0 saturated carbocycles. The third-order valence-corrected chi connectivity index (χ3v) is 3.12. The van der Waals surface area contributed by atoms with Gasteiger partial charge in [0.05, 0.1) is 5.69 Å². The second-order valence-corrected chi connectivity index (χ2v) is 4.49. The number of hydrogen-bond acceptors (Lipinski definition) is 4. The highest BCUT2D eigenvalue weighted by molar-refractivity contribution is 5.50. The number of aryl methyl sites for hydroxylation is 3. The van der Waals surface area contributed by atoms with Gasteiger partial charge in [0, 0.05) is 17.3 Å². The fourth-order valence-electron chi connectivity index (χ4n) is 2.40. The summed E-state index contributed by atoms with van der Waals surface area (Å²) in [5.74, 6) is 2.24. The average Bonchev–Trinajstić information content (AvgIpc) is 2.80. The van der Waals surface area contributed by atoms with Gasteiger partial charge >= 0.3 is 0 Å². The van der Waals surface area contributed by atoms with Gasteiger partial charge in [-0.25, -0.2) is 9.97 Å². The molecule has 0 spiro atoms. The molecule has 3 rings (SSSR count). The summed E-state index contributed by atoms with van der Waals surface area (Å²) >= 11 is 0. The van der Waals surface area contributed by atoms with Gasteiger partial charge in [-0.05, 0) is 33.1 Å². The van der Waals surface area contributed by atoms with E-state index in [1.54, 1.807) is 4.68 Å². The summed E-state index contributed by atoms with van der Waals surface area (Å²) in [6, 6.07) is 1.91. The molecule has 0 unspecified atom stereocenters. The predicted octanol–water partition coefficient (Wildman–Crippen LogP) is 1.35. The Morgan fingerprint density at radius 1 is 1.24 bits per heavy atom. The first-order valence-corrected chi connectivity index (χ1v) is 5.84. The highest BCUT2D eigenvalue weighted by Gasteiger charge is 2.21. The Bertz CT molecular complexity index is 565. The molecular weight excluding hydrogens is 214 g/mol. The lowest BCUT2D eigenvalue weighted by Crippen LogP contribution is -2.07. The minimum atomic E-state index is 0.731. The normalized spacial score (nSPS) is 14.0. The van der Waals surface area contributed by atoms with Gasteiger partial charge in [-0.1, -0.05) is 0 Å². The molecule has 0 amide bonds. The maximum atomic E-state index is 6.13. The zero-order valence-electron chi connectivity index (χ0n) is 10.1. The fourth-order valence-corrected chi connectivity index (χ4v) is 2.40. The van der Waals surface area contributed by atoms with E-state index in [4.69, 9.17) is 5.73 Å². The van der Waals surface area contributed by atoms with E-state index in [0.29, 0.717) is 0 Å². The molecule has 0 radical (unpaired) electrons. The lowest BCUT2D eigenvalue weighted by Gasteiger charge is -2.06. The Balaban J connectivity index is 2.15. The first-order chi connectivity index (χ1) is 8.15. The average molecular weight is 229 g/mol. The minimum Gasteiger partial charge on any atom is -0.383 e. The maximum Gasteiger partial charge on any atom is 0.159 e. The van der Waals surface area contributed by atoms with Gasteiger partial charge in [0.2, 0.25) is 0 Å². The highest BCUT2D eigenvalue weighted by atomic mass is 15.3. The van der Waals surface area contributed by atoms with E-state index < -0.39 is 0 Å². The Labute approximate surface area is 99.7 Å². The molecular formula is C12H15N5. The van der Waals surface area contributed by atoms with Crippen molar-refractivity contribution in [3.63, 3.8) is 0 Å². The molecule has 0 aliphatic heterocycles. The van der Waals surface area contributed by atoms with Crippen molar-refractivity contribution in [1.29, 1.82) is 0 Å². The quantitative estimate of drug-likeness (QED) is 0.801. The van der Waals surface area contributed by atoms with Crippen molar-refractivity contribution in [2.24, 2.45) is 0 Å². The SMILES string of the molecule is Cc1cc(-n2nc3c(c2N)CCC3)nc(C)n1. The van der Waals surface area contributed by atoms with Crippen LogP contribution in [0.5, 0.6) is 0 Å². The van der Waals surface area contributed by atoms with Crippen LogP contribution in [0.1, 0.15) is 29.2 Å². The molecule has 5 heteroatoms. The second kappa shape index (κ2) is 3.55. The van der Waals surface area contributed by atoms with E-state index in [2.05, 4.69) is 15.1 Å². The third-order valence-electron chi connectivity index (χ3n) is 3.12. The first kappa shape index (κ1) is 10.3. The van der Waals surface area contributed by atoms with Crippen LogP contribution >= 0.6 is 0 Å². The van der Waals surface area contributed by atoms with E-state index in [9.17, 15) is 0 Å². The molecule has 17 heavy (non-hydrogen) atoms. The zero-order valence-corrected chi connectivity index (χ0v) is 10.1. The van der Waals surface area contributed by atoms with Crippen molar-refractivity contribution < 1.29 is 0 Å². The molecule has 0 aromatic carbocycles. The molecule has 0 saturated heterocycles. The standard InChI is InChI=1S/C12H15N5/c1-7-6-11(15-8(2)14-7)17-12(13)9-4-3-5-10(9)16-17/h6H,3-5,13H2,1-2H3. The summed E-state index contributed by atoms with van der Waals surface area (Å²) in [5.41, 5.74) is 9.37. The van der Waals surface area contributed by atoms with Crippen LogP contribution in [0.2, 0.25) is 0 Å². The lowest BCUT2D eigenvalue weighted by atomic mass is 10.2. The van der Waals surface area contributed by atoms with Crippen LogP contribution < -0.4 is 5.73 Å². The molecule has 0 atom stereocenters. The summed E-state index contributed by atoms with van der Waals surface area (Å²) in [7, 11) is 0. The fraction of sp³-hybridized carbons (Fsp3) is 0.417. The van der Waals surface area contributed by atoms with Crippen LogP contribution in [0, 0.1) is 13.8 Å². The van der Waals surface area contributed by atoms with Crippen LogP contribution in [0.4, 0.5) is 5.82 Å². The van der Waals surface area contributed by atoms with E-state index in [1.165, 1.54) is 5.56 Å². The molecule has 2 heterocycles. The Morgan fingerprint density at radius 2 is 2.06 bits per heavy atom. The van der Waals surface area contributed by atoms with E-state index in [-0.39, 0.29) is 0 Å². The molecule has 2 aromatic rings. The Hall–Kier alpha value is -1.91. The zero-order chi connectivity index (χ0) is 12.0. The van der Waals surface area contributed by atoms with Crippen molar-refractivity contribution in [3.8, 4) is 5.82 Å². The topological polar surface area (TPSA) is 69.6 Å². The van der Waals surface area contributed by atoms with Crippen LogP contribution in [0.3, 0.4) is 0 Å². The van der Waals surface area contributed by atoms with Crippen molar-refractivity contribution in [2.75, 3.05) is 5.73 Å². The summed E-state index contributed by atoms with van der Waals surface area (Å²) < 4.78 is 1.74. The predicted molar refractivity (Wildman–Crippen MR) is 65.1 cm³/mol. The second-order valence-electron chi connectivity index (χ2n) is 4.49. The molecule has 5 nitrogen and oxygen atoms in total. The summed E-state index contributed by atoms with van der Waals surface area (Å²) in [6.07, 6.45) is 3.21. The molecule has 2 aromatic heterocycles. The summed E-state index contributed by atoms with van der Waals surface area (Å²) in [6.45, 7) is 3.83. The molecule has 1 aliphatic carbocycles. The van der Waals surface area contributed by atoms with E-state index in [0.717, 1.165) is 48.1 Å².